The quantitative estimate of drug-likeness (QED) is 0.702. The highest BCUT2D eigenvalue weighted by atomic mass is 32.2. The van der Waals surface area contributed by atoms with Gasteiger partial charge in [-0.05, 0) is 24.8 Å². The lowest BCUT2D eigenvalue weighted by Gasteiger charge is -2.18. The molecule has 0 aromatic rings. The SMILES string of the molecule is CCC(CN)C1CCS(=O)(=O)C1. The first-order chi connectivity index (χ1) is 5.59. The Labute approximate surface area is 74.3 Å². The van der Waals surface area contributed by atoms with Crippen molar-refractivity contribution in [3.8, 4) is 0 Å². The fraction of sp³-hybridized carbons (Fsp3) is 1.00. The van der Waals surface area contributed by atoms with Crippen molar-refractivity contribution in [1.29, 1.82) is 0 Å². The summed E-state index contributed by atoms with van der Waals surface area (Å²) in [7, 11) is -2.72. The fourth-order valence-electron chi connectivity index (χ4n) is 1.89. The van der Waals surface area contributed by atoms with Crippen LogP contribution in [0.1, 0.15) is 19.8 Å². The van der Waals surface area contributed by atoms with Gasteiger partial charge in [0, 0.05) is 0 Å². The second-order valence-corrected chi connectivity index (χ2v) is 5.80. The van der Waals surface area contributed by atoms with Gasteiger partial charge < -0.3 is 5.73 Å². The van der Waals surface area contributed by atoms with E-state index in [0.717, 1.165) is 12.8 Å². The molecule has 0 aromatic heterocycles. The molecule has 1 aliphatic rings. The van der Waals surface area contributed by atoms with E-state index in [4.69, 9.17) is 5.73 Å². The van der Waals surface area contributed by atoms with Gasteiger partial charge in [0.1, 0.15) is 0 Å². The summed E-state index contributed by atoms with van der Waals surface area (Å²) in [5, 5.41) is 0. The van der Waals surface area contributed by atoms with Crippen molar-refractivity contribution in [2.75, 3.05) is 18.1 Å². The molecule has 12 heavy (non-hydrogen) atoms. The number of rotatable bonds is 3. The van der Waals surface area contributed by atoms with E-state index < -0.39 is 9.84 Å². The minimum absolute atomic E-state index is 0.324. The molecule has 1 saturated heterocycles. The van der Waals surface area contributed by atoms with Crippen molar-refractivity contribution < 1.29 is 8.42 Å². The van der Waals surface area contributed by atoms with Crippen LogP contribution >= 0.6 is 0 Å². The van der Waals surface area contributed by atoms with Crippen LogP contribution in [0.3, 0.4) is 0 Å². The molecule has 1 fully saturated rings. The molecule has 0 spiro atoms. The highest BCUT2D eigenvalue weighted by Gasteiger charge is 2.31. The molecule has 0 aliphatic carbocycles. The van der Waals surface area contributed by atoms with Gasteiger partial charge in [-0.25, -0.2) is 8.42 Å². The first-order valence-corrected chi connectivity index (χ1v) is 6.31. The average Bonchev–Trinajstić information content (AvgIpc) is 2.34. The van der Waals surface area contributed by atoms with Gasteiger partial charge >= 0.3 is 0 Å². The summed E-state index contributed by atoms with van der Waals surface area (Å²) in [5.41, 5.74) is 5.56. The lowest BCUT2D eigenvalue weighted by atomic mass is 9.90. The number of hydrogen-bond acceptors (Lipinski definition) is 3. The number of hydrogen-bond donors (Lipinski definition) is 1. The molecule has 0 bridgehead atoms. The highest BCUT2D eigenvalue weighted by Crippen LogP contribution is 2.27. The van der Waals surface area contributed by atoms with E-state index in [0.29, 0.717) is 29.9 Å². The molecule has 2 N–H and O–H groups in total. The van der Waals surface area contributed by atoms with Gasteiger partial charge in [0.15, 0.2) is 9.84 Å². The first kappa shape index (κ1) is 9.99. The van der Waals surface area contributed by atoms with Crippen LogP contribution < -0.4 is 5.73 Å². The molecule has 0 radical (unpaired) electrons. The molecule has 4 heteroatoms. The van der Waals surface area contributed by atoms with Crippen LogP contribution in [0.15, 0.2) is 0 Å². The number of nitrogens with two attached hydrogens (primary N) is 1. The van der Waals surface area contributed by atoms with Gasteiger partial charge in [-0.2, -0.15) is 0 Å². The summed E-state index contributed by atoms with van der Waals surface area (Å²) in [6, 6.07) is 0. The monoisotopic (exact) mass is 191 g/mol. The van der Waals surface area contributed by atoms with E-state index in [-0.39, 0.29) is 0 Å². The Hall–Kier alpha value is -0.0900. The fourth-order valence-corrected chi connectivity index (χ4v) is 3.81. The second-order valence-electron chi connectivity index (χ2n) is 3.57. The zero-order chi connectivity index (χ0) is 9.19. The Morgan fingerprint density at radius 3 is 2.58 bits per heavy atom. The van der Waals surface area contributed by atoms with E-state index in [1.54, 1.807) is 0 Å². The third-order valence-corrected chi connectivity index (χ3v) is 4.56. The van der Waals surface area contributed by atoms with Crippen LogP contribution in [0, 0.1) is 11.8 Å². The van der Waals surface area contributed by atoms with Gasteiger partial charge in [-0.15, -0.1) is 0 Å². The van der Waals surface area contributed by atoms with Crippen LogP contribution in [0.5, 0.6) is 0 Å². The molecule has 0 amide bonds. The predicted octanol–water partition coefficient (Wildman–Crippen LogP) is 0.406. The predicted molar refractivity (Wildman–Crippen MR) is 49.6 cm³/mol. The minimum atomic E-state index is -2.72. The Balaban J connectivity index is 2.56. The summed E-state index contributed by atoms with van der Waals surface area (Å²) in [6.07, 6.45) is 1.81. The number of sulfone groups is 1. The summed E-state index contributed by atoms with van der Waals surface area (Å²) in [5.74, 6) is 1.46. The summed E-state index contributed by atoms with van der Waals surface area (Å²) in [4.78, 5) is 0. The first-order valence-electron chi connectivity index (χ1n) is 4.49. The Kier molecular flexibility index (Phi) is 3.12. The molecule has 2 unspecified atom stereocenters. The third-order valence-electron chi connectivity index (χ3n) is 2.76. The van der Waals surface area contributed by atoms with Crippen LogP contribution in [-0.2, 0) is 9.84 Å². The molecular weight excluding hydrogens is 174 g/mol. The Morgan fingerprint density at radius 1 is 1.58 bits per heavy atom. The smallest absolute Gasteiger partial charge is 0.150 e. The summed E-state index contributed by atoms with van der Waals surface area (Å²) in [6.45, 7) is 2.69. The summed E-state index contributed by atoms with van der Waals surface area (Å²) < 4.78 is 22.3. The largest absolute Gasteiger partial charge is 0.330 e. The van der Waals surface area contributed by atoms with Crippen LogP contribution in [-0.4, -0.2) is 26.5 Å². The molecule has 0 aromatic carbocycles. The molecule has 1 rings (SSSR count). The van der Waals surface area contributed by atoms with E-state index in [1.807, 2.05) is 0 Å². The van der Waals surface area contributed by atoms with E-state index >= 15 is 0 Å². The van der Waals surface area contributed by atoms with Crippen molar-refractivity contribution in [2.45, 2.75) is 19.8 Å². The van der Waals surface area contributed by atoms with Crippen LogP contribution in [0.2, 0.25) is 0 Å². The zero-order valence-corrected chi connectivity index (χ0v) is 8.31. The Morgan fingerprint density at radius 2 is 2.25 bits per heavy atom. The lowest BCUT2D eigenvalue weighted by molar-refractivity contribution is 0.362. The Bertz CT molecular complexity index is 231. The van der Waals surface area contributed by atoms with Crippen molar-refractivity contribution in [3.63, 3.8) is 0 Å². The molecule has 0 saturated carbocycles. The van der Waals surface area contributed by atoms with Crippen LogP contribution in [0.4, 0.5) is 0 Å². The van der Waals surface area contributed by atoms with E-state index in [9.17, 15) is 8.42 Å². The topological polar surface area (TPSA) is 60.2 Å². The molecule has 1 aliphatic heterocycles. The maximum Gasteiger partial charge on any atom is 0.150 e. The van der Waals surface area contributed by atoms with E-state index in [1.165, 1.54) is 0 Å². The standard InChI is InChI=1S/C8H17NO2S/c1-2-7(5-9)8-3-4-12(10,11)6-8/h7-8H,2-6,9H2,1H3. The second kappa shape index (κ2) is 3.75. The zero-order valence-electron chi connectivity index (χ0n) is 7.49. The molecule has 3 nitrogen and oxygen atoms in total. The van der Waals surface area contributed by atoms with Gasteiger partial charge in [-0.1, -0.05) is 13.3 Å². The van der Waals surface area contributed by atoms with E-state index in [2.05, 4.69) is 6.92 Å². The van der Waals surface area contributed by atoms with Crippen molar-refractivity contribution in [1.82, 2.24) is 0 Å². The van der Waals surface area contributed by atoms with Gasteiger partial charge in [0.05, 0.1) is 11.5 Å². The van der Waals surface area contributed by atoms with Crippen molar-refractivity contribution in [3.05, 3.63) is 0 Å². The van der Waals surface area contributed by atoms with Crippen molar-refractivity contribution >= 4 is 9.84 Å². The van der Waals surface area contributed by atoms with Crippen LogP contribution in [0.25, 0.3) is 0 Å². The maximum atomic E-state index is 11.1. The molecular formula is C8H17NO2S. The lowest BCUT2D eigenvalue weighted by Crippen LogP contribution is -2.23. The average molecular weight is 191 g/mol. The van der Waals surface area contributed by atoms with Gasteiger partial charge in [-0.3, -0.25) is 0 Å². The normalized spacial score (nSPS) is 30.3. The van der Waals surface area contributed by atoms with Gasteiger partial charge in [0.2, 0.25) is 0 Å². The molecule has 72 valence electrons. The maximum absolute atomic E-state index is 11.1. The molecule has 2 atom stereocenters. The highest BCUT2D eigenvalue weighted by molar-refractivity contribution is 7.91. The van der Waals surface area contributed by atoms with Crippen molar-refractivity contribution in [2.24, 2.45) is 17.6 Å². The summed E-state index contributed by atoms with van der Waals surface area (Å²) >= 11 is 0. The van der Waals surface area contributed by atoms with Gasteiger partial charge in [0.25, 0.3) is 0 Å². The third kappa shape index (κ3) is 2.20. The molecule has 1 heterocycles. The minimum Gasteiger partial charge on any atom is -0.330 e.